The van der Waals surface area contributed by atoms with Crippen LogP contribution in [-0.4, -0.2) is 34.0 Å². The highest BCUT2D eigenvalue weighted by Crippen LogP contribution is 2.34. The molecule has 0 radical (unpaired) electrons. The summed E-state index contributed by atoms with van der Waals surface area (Å²) in [6.07, 6.45) is 0.562. The lowest BCUT2D eigenvalue weighted by Crippen LogP contribution is -2.34. The molecule has 5 heteroatoms. The number of thiazole rings is 1. The van der Waals surface area contributed by atoms with Crippen molar-refractivity contribution in [1.29, 1.82) is 0 Å². The molecule has 1 unspecified atom stereocenters. The molecule has 23 heavy (non-hydrogen) atoms. The maximum Gasteiger partial charge on any atom is 0.282 e. The lowest BCUT2D eigenvalue weighted by Gasteiger charge is -2.25. The molecule has 1 N–H and O–H groups in total. The smallest absolute Gasteiger partial charge is 0.282 e. The third-order valence-electron chi connectivity index (χ3n) is 4.48. The van der Waals surface area contributed by atoms with Crippen LogP contribution in [0.5, 0.6) is 0 Å². The van der Waals surface area contributed by atoms with Crippen molar-refractivity contribution >= 4 is 17.2 Å². The van der Waals surface area contributed by atoms with Crippen molar-refractivity contribution in [2.45, 2.75) is 38.7 Å². The zero-order valence-electron chi connectivity index (χ0n) is 13.7. The number of nitrogens with zero attached hydrogens (tertiary/aromatic N) is 2. The van der Waals surface area contributed by atoms with Crippen molar-refractivity contribution in [2.24, 2.45) is 0 Å². The van der Waals surface area contributed by atoms with Crippen molar-refractivity contribution in [3.8, 4) is 0 Å². The predicted molar refractivity (Wildman–Crippen MR) is 91.8 cm³/mol. The van der Waals surface area contributed by atoms with Crippen LogP contribution in [0.4, 0.5) is 0 Å². The molecule has 3 rings (SSSR count). The Morgan fingerprint density at radius 3 is 2.78 bits per heavy atom. The lowest BCUT2D eigenvalue weighted by atomic mass is 9.89. The van der Waals surface area contributed by atoms with Gasteiger partial charge < -0.3 is 10.0 Å². The topological polar surface area (TPSA) is 53.4 Å². The van der Waals surface area contributed by atoms with E-state index in [1.807, 2.05) is 36.6 Å². The maximum absolute atomic E-state index is 12.6. The molecule has 4 nitrogen and oxygen atoms in total. The zero-order chi connectivity index (χ0) is 16.6. The Hall–Kier alpha value is -1.72. The molecule has 122 valence electrons. The van der Waals surface area contributed by atoms with E-state index in [2.05, 4.69) is 18.8 Å². The highest BCUT2D eigenvalue weighted by Gasteiger charge is 2.41. The molecular formula is C18H22N2O2S. The number of hydrogen-bond donors (Lipinski definition) is 1. The molecule has 1 aromatic heterocycles. The van der Waals surface area contributed by atoms with Crippen molar-refractivity contribution in [1.82, 2.24) is 9.88 Å². The van der Waals surface area contributed by atoms with E-state index >= 15 is 0 Å². The monoisotopic (exact) mass is 330 g/mol. The third-order valence-corrected chi connectivity index (χ3v) is 5.33. The van der Waals surface area contributed by atoms with Gasteiger partial charge in [0.05, 0.1) is 12.2 Å². The fourth-order valence-electron chi connectivity index (χ4n) is 3.07. The van der Waals surface area contributed by atoms with Gasteiger partial charge in [0, 0.05) is 11.9 Å². The standard InChI is InChI=1S/C18H22N2O2S/c1-12(2)15-10-23-16(19-15)17(21)20-9-8-18(22,11-20)14-7-5-4-6-13(14)3/h4-7,10,12,22H,8-9,11H2,1-3H3. The molecule has 1 amide bonds. The number of hydrogen-bond acceptors (Lipinski definition) is 4. The van der Waals surface area contributed by atoms with Gasteiger partial charge in [0.15, 0.2) is 5.01 Å². The van der Waals surface area contributed by atoms with Gasteiger partial charge in [-0.3, -0.25) is 4.79 Å². The van der Waals surface area contributed by atoms with Crippen LogP contribution in [0.3, 0.4) is 0 Å². The second-order valence-electron chi connectivity index (χ2n) is 6.56. The molecule has 1 fully saturated rings. The Labute approximate surface area is 140 Å². The van der Waals surface area contributed by atoms with Gasteiger partial charge in [0.1, 0.15) is 5.60 Å². The summed E-state index contributed by atoms with van der Waals surface area (Å²) in [4.78, 5) is 18.8. The largest absolute Gasteiger partial charge is 0.383 e. The van der Waals surface area contributed by atoms with Crippen LogP contribution in [0.2, 0.25) is 0 Å². The molecular weight excluding hydrogens is 308 g/mol. The fourth-order valence-corrected chi connectivity index (χ4v) is 4.01. The first-order valence-corrected chi connectivity index (χ1v) is 8.82. The number of aromatic nitrogens is 1. The molecule has 1 aliphatic rings. The number of aryl methyl sites for hydroxylation is 1. The average molecular weight is 330 g/mol. The van der Waals surface area contributed by atoms with Crippen molar-refractivity contribution in [3.05, 3.63) is 51.5 Å². The summed E-state index contributed by atoms with van der Waals surface area (Å²) in [6.45, 7) is 7.01. The van der Waals surface area contributed by atoms with Gasteiger partial charge in [-0.25, -0.2) is 4.98 Å². The van der Waals surface area contributed by atoms with Crippen molar-refractivity contribution < 1.29 is 9.90 Å². The predicted octanol–water partition coefficient (Wildman–Crippen LogP) is 3.31. The van der Waals surface area contributed by atoms with E-state index in [1.54, 1.807) is 4.90 Å². The summed E-state index contributed by atoms with van der Waals surface area (Å²) in [5, 5.41) is 13.5. The Morgan fingerprint density at radius 1 is 1.39 bits per heavy atom. The van der Waals surface area contributed by atoms with Gasteiger partial charge in [-0.15, -0.1) is 11.3 Å². The zero-order valence-corrected chi connectivity index (χ0v) is 14.6. The number of carbonyl (C=O) groups excluding carboxylic acids is 1. The summed E-state index contributed by atoms with van der Waals surface area (Å²) in [5.74, 6) is 0.238. The van der Waals surface area contributed by atoms with E-state index in [1.165, 1.54) is 11.3 Å². The molecule has 0 bridgehead atoms. The maximum atomic E-state index is 12.6. The van der Waals surface area contributed by atoms with Gasteiger partial charge in [-0.2, -0.15) is 0 Å². The summed E-state index contributed by atoms with van der Waals surface area (Å²) in [6, 6.07) is 7.83. The average Bonchev–Trinajstić information content (AvgIpc) is 3.15. The number of β-amino-alcohol motifs (C(OH)–C–C–N with tert-alkyl or cyclic N) is 1. The van der Waals surface area contributed by atoms with E-state index in [9.17, 15) is 9.90 Å². The van der Waals surface area contributed by atoms with Gasteiger partial charge in [-0.1, -0.05) is 38.1 Å². The highest BCUT2D eigenvalue weighted by atomic mass is 32.1. The highest BCUT2D eigenvalue weighted by molar-refractivity contribution is 7.11. The Morgan fingerprint density at radius 2 is 2.13 bits per heavy atom. The third kappa shape index (κ3) is 3.03. The van der Waals surface area contributed by atoms with Gasteiger partial charge in [-0.05, 0) is 30.4 Å². The first kappa shape index (κ1) is 16.1. The van der Waals surface area contributed by atoms with Crippen LogP contribution in [0, 0.1) is 6.92 Å². The second kappa shape index (κ2) is 6.06. The Balaban J connectivity index is 1.79. The van der Waals surface area contributed by atoms with E-state index in [0.717, 1.165) is 16.8 Å². The van der Waals surface area contributed by atoms with E-state index in [-0.39, 0.29) is 5.91 Å². The first-order valence-electron chi connectivity index (χ1n) is 7.94. The molecule has 0 saturated carbocycles. The number of amides is 1. The molecule has 1 aromatic carbocycles. The molecule has 1 aliphatic heterocycles. The molecule has 0 spiro atoms. The van der Waals surface area contributed by atoms with Gasteiger partial charge in [0.25, 0.3) is 5.91 Å². The quantitative estimate of drug-likeness (QED) is 0.939. The summed E-state index contributed by atoms with van der Waals surface area (Å²) in [5.41, 5.74) is 1.96. The minimum atomic E-state index is -0.959. The van der Waals surface area contributed by atoms with Crippen LogP contribution >= 0.6 is 11.3 Å². The minimum Gasteiger partial charge on any atom is -0.383 e. The molecule has 0 aliphatic carbocycles. The van der Waals surface area contributed by atoms with Crippen LogP contribution in [0.15, 0.2) is 29.6 Å². The Kier molecular flexibility index (Phi) is 4.25. The van der Waals surface area contributed by atoms with E-state index in [4.69, 9.17) is 0 Å². The lowest BCUT2D eigenvalue weighted by molar-refractivity contribution is 0.0412. The summed E-state index contributed by atoms with van der Waals surface area (Å²) < 4.78 is 0. The van der Waals surface area contributed by atoms with Crippen LogP contribution in [0.25, 0.3) is 0 Å². The number of rotatable bonds is 3. The number of carbonyl (C=O) groups is 1. The molecule has 1 saturated heterocycles. The van der Waals surface area contributed by atoms with Gasteiger partial charge in [0.2, 0.25) is 0 Å². The SMILES string of the molecule is Cc1ccccc1C1(O)CCN(C(=O)c2nc(C(C)C)cs2)C1. The fraction of sp³-hybridized carbons (Fsp3) is 0.444. The first-order chi connectivity index (χ1) is 10.9. The van der Waals surface area contributed by atoms with Crippen LogP contribution < -0.4 is 0 Å². The number of benzene rings is 1. The number of likely N-dealkylation sites (tertiary alicyclic amines) is 1. The summed E-state index contributed by atoms with van der Waals surface area (Å²) in [7, 11) is 0. The normalized spacial score (nSPS) is 21.2. The summed E-state index contributed by atoms with van der Waals surface area (Å²) >= 11 is 1.39. The van der Waals surface area contributed by atoms with Crippen LogP contribution in [-0.2, 0) is 5.60 Å². The van der Waals surface area contributed by atoms with E-state index < -0.39 is 5.60 Å². The van der Waals surface area contributed by atoms with Crippen molar-refractivity contribution in [2.75, 3.05) is 13.1 Å². The Bertz CT molecular complexity index is 725. The molecule has 2 heterocycles. The van der Waals surface area contributed by atoms with Gasteiger partial charge >= 0.3 is 0 Å². The molecule has 1 atom stereocenters. The number of aliphatic hydroxyl groups is 1. The minimum absolute atomic E-state index is 0.0774. The van der Waals surface area contributed by atoms with Crippen molar-refractivity contribution in [3.63, 3.8) is 0 Å². The van der Waals surface area contributed by atoms with Crippen LogP contribution in [0.1, 0.15) is 52.8 Å². The second-order valence-corrected chi connectivity index (χ2v) is 7.41. The van der Waals surface area contributed by atoms with E-state index in [0.29, 0.717) is 30.4 Å². The molecule has 2 aromatic rings.